The van der Waals surface area contributed by atoms with E-state index in [-0.39, 0.29) is 42.2 Å². The Hall–Kier alpha value is -2.23. The molecular formula is C25H38N4O4S. The summed E-state index contributed by atoms with van der Waals surface area (Å²) in [5.74, 6) is 1.21. The van der Waals surface area contributed by atoms with Gasteiger partial charge in [-0.25, -0.2) is 8.42 Å². The van der Waals surface area contributed by atoms with E-state index in [9.17, 15) is 13.2 Å². The first-order valence-corrected chi connectivity index (χ1v) is 13.5. The van der Waals surface area contributed by atoms with E-state index in [1.807, 2.05) is 0 Å². The van der Waals surface area contributed by atoms with Crippen molar-refractivity contribution < 1.29 is 17.7 Å². The van der Waals surface area contributed by atoms with Crippen LogP contribution in [0.4, 0.5) is 0 Å². The molecule has 1 aliphatic rings. The van der Waals surface area contributed by atoms with E-state index in [2.05, 4.69) is 62.4 Å². The lowest BCUT2D eigenvalue weighted by Gasteiger charge is -2.34. The molecule has 1 fully saturated rings. The molecule has 9 heteroatoms. The van der Waals surface area contributed by atoms with Crippen LogP contribution >= 0.6 is 0 Å². The van der Waals surface area contributed by atoms with Crippen molar-refractivity contribution in [2.24, 2.45) is 11.8 Å². The van der Waals surface area contributed by atoms with Crippen LogP contribution in [-0.2, 0) is 21.2 Å². The summed E-state index contributed by atoms with van der Waals surface area (Å²) in [4.78, 5) is 14.8. The third-order valence-corrected chi connectivity index (χ3v) is 8.42. The second-order valence-electron chi connectivity index (χ2n) is 9.88. The molecule has 2 heterocycles. The Kier molecular flexibility index (Phi) is 8.54. The molecule has 0 aliphatic carbocycles. The zero-order chi connectivity index (χ0) is 25.0. The molecule has 1 atom stereocenters. The molecule has 1 amide bonds. The quantitative estimate of drug-likeness (QED) is 0.579. The van der Waals surface area contributed by atoms with Crippen molar-refractivity contribution in [2.45, 2.75) is 58.9 Å². The molecule has 1 unspecified atom stereocenters. The van der Waals surface area contributed by atoms with Gasteiger partial charge >= 0.3 is 0 Å². The van der Waals surface area contributed by atoms with Crippen LogP contribution in [0.3, 0.4) is 0 Å². The number of sulfonamides is 1. The van der Waals surface area contributed by atoms with Crippen molar-refractivity contribution in [1.82, 2.24) is 19.7 Å². The maximum atomic E-state index is 13.0. The van der Waals surface area contributed by atoms with Crippen molar-refractivity contribution in [1.29, 1.82) is 0 Å². The molecule has 0 bridgehead atoms. The van der Waals surface area contributed by atoms with Crippen LogP contribution in [-0.4, -0.2) is 61.4 Å². The smallest absolute Gasteiger partial charge is 0.248 e. The van der Waals surface area contributed by atoms with Gasteiger partial charge in [0.2, 0.25) is 15.9 Å². The van der Waals surface area contributed by atoms with Gasteiger partial charge in [0.15, 0.2) is 5.76 Å². The first-order chi connectivity index (χ1) is 16.0. The first kappa shape index (κ1) is 26.4. The lowest BCUT2D eigenvalue weighted by molar-refractivity contribution is -0.131. The molecule has 1 N–H and O–H groups in total. The van der Waals surface area contributed by atoms with E-state index >= 15 is 0 Å². The maximum Gasteiger partial charge on any atom is 0.248 e. The number of aromatic nitrogens is 1. The summed E-state index contributed by atoms with van der Waals surface area (Å²) >= 11 is 0. The summed E-state index contributed by atoms with van der Waals surface area (Å²) in [6.45, 7) is 13.4. The second-order valence-corrected chi connectivity index (χ2v) is 11.8. The van der Waals surface area contributed by atoms with Gasteiger partial charge in [0.1, 0.15) is 10.6 Å². The fourth-order valence-electron chi connectivity index (χ4n) is 4.53. The third kappa shape index (κ3) is 6.06. The normalized spacial score (nSPS) is 16.4. The van der Waals surface area contributed by atoms with E-state index in [1.165, 1.54) is 15.4 Å². The summed E-state index contributed by atoms with van der Waals surface area (Å²) in [5, 5.41) is 7.19. The van der Waals surface area contributed by atoms with E-state index in [1.54, 1.807) is 18.7 Å². The van der Waals surface area contributed by atoms with Gasteiger partial charge < -0.3 is 14.7 Å². The topological polar surface area (TPSA) is 95.8 Å². The first-order valence-electron chi connectivity index (χ1n) is 12.0. The van der Waals surface area contributed by atoms with Crippen LogP contribution in [0.1, 0.15) is 56.3 Å². The number of benzene rings is 1. The number of hydrogen-bond donors (Lipinski definition) is 1. The minimum Gasteiger partial charge on any atom is -0.360 e. The number of hydrogen-bond acceptors (Lipinski definition) is 6. The average Bonchev–Trinajstić information content (AvgIpc) is 3.13. The number of aryl methyl sites for hydroxylation is 2. The van der Waals surface area contributed by atoms with Gasteiger partial charge in [-0.05, 0) is 43.2 Å². The van der Waals surface area contributed by atoms with E-state index in [4.69, 9.17) is 4.52 Å². The Morgan fingerprint density at radius 2 is 1.68 bits per heavy atom. The third-order valence-electron chi connectivity index (χ3n) is 6.28. The highest BCUT2D eigenvalue weighted by Gasteiger charge is 2.34. The molecule has 8 nitrogen and oxygen atoms in total. The molecule has 1 aliphatic heterocycles. The van der Waals surface area contributed by atoms with Gasteiger partial charge in [0.05, 0.1) is 6.54 Å². The van der Waals surface area contributed by atoms with Gasteiger partial charge in [0.25, 0.3) is 0 Å². The average molecular weight is 491 g/mol. The van der Waals surface area contributed by atoms with Crippen molar-refractivity contribution in [3.05, 3.63) is 46.8 Å². The zero-order valence-corrected chi connectivity index (χ0v) is 22.0. The number of piperazine rings is 1. The number of carbonyl (C=O) groups is 1. The van der Waals surface area contributed by atoms with Crippen LogP contribution in [0.15, 0.2) is 33.7 Å². The molecule has 0 radical (unpaired) electrons. The molecule has 1 saturated heterocycles. The summed E-state index contributed by atoms with van der Waals surface area (Å²) < 4.78 is 32.5. The molecule has 1 aromatic carbocycles. The predicted molar refractivity (Wildman–Crippen MR) is 132 cm³/mol. The monoisotopic (exact) mass is 490 g/mol. The maximum absolute atomic E-state index is 13.0. The Bertz CT molecular complexity index is 1050. The van der Waals surface area contributed by atoms with Gasteiger partial charge in [-0.1, -0.05) is 57.1 Å². The van der Waals surface area contributed by atoms with Crippen molar-refractivity contribution in [2.75, 3.05) is 32.7 Å². The van der Waals surface area contributed by atoms with Crippen molar-refractivity contribution in [3.8, 4) is 0 Å². The van der Waals surface area contributed by atoms with E-state index in [0.29, 0.717) is 30.6 Å². The molecule has 0 saturated carbocycles. The summed E-state index contributed by atoms with van der Waals surface area (Å²) in [7, 11) is -3.69. The SMILES string of the molecule is Cc1noc(C)c1S(=O)(=O)N1CCN(C(=O)CNC(c2ccc(CC(C)C)cc2)C(C)C)CC1. The minimum absolute atomic E-state index is 0.0172. The number of nitrogens with one attached hydrogen (secondary N) is 1. The van der Waals surface area contributed by atoms with Crippen molar-refractivity contribution >= 4 is 15.9 Å². The van der Waals surface area contributed by atoms with Crippen LogP contribution in [0, 0.1) is 25.7 Å². The standard InChI is InChI=1S/C25H38N4O4S/c1-17(2)15-21-7-9-22(10-8-21)24(18(3)4)26-16-23(30)28-11-13-29(14-12-28)34(31,32)25-19(5)27-33-20(25)6/h7-10,17-18,24,26H,11-16H2,1-6H3. The molecule has 34 heavy (non-hydrogen) atoms. The van der Waals surface area contributed by atoms with Crippen LogP contribution in [0.2, 0.25) is 0 Å². The van der Waals surface area contributed by atoms with Gasteiger partial charge in [-0.2, -0.15) is 4.31 Å². The number of amides is 1. The Morgan fingerprint density at radius 3 is 2.18 bits per heavy atom. The Morgan fingerprint density at radius 1 is 1.06 bits per heavy atom. The highest BCUT2D eigenvalue weighted by Crippen LogP contribution is 2.25. The van der Waals surface area contributed by atoms with Gasteiger partial charge in [0, 0.05) is 32.2 Å². The van der Waals surface area contributed by atoms with Crippen LogP contribution in [0.25, 0.3) is 0 Å². The fraction of sp³-hybridized carbons (Fsp3) is 0.600. The van der Waals surface area contributed by atoms with E-state index in [0.717, 1.165) is 6.42 Å². The Balaban J connectivity index is 1.57. The lowest BCUT2D eigenvalue weighted by Crippen LogP contribution is -2.52. The summed E-state index contributed by atoms with van der Waals surface area (Å²) in [6.07, 6.45) is 1.05. The predicted octanol–water partition coefficient (Wildman–Crippen LogP) is 3.31. The number of rotatable bonds is 9. The number of carbonyl (C=O) groups excluding carboxylic acids is 1. The van der Waals surface area contributed by atoms with Crippen molar-refractivity contribution in [3.63, 3.8) is 0 Å². The molecule has 0 spiro atoms. The fourth-order valence-corrected chi connectivity index (χ4v) is 6.24. The van der Waals surface area contributed by atoms with E-state index < -0.39 is 10.0 Å². The molecule has 2 aromatic rings. The lowest BCUT2D eigenvalue weighted by atomic mass is 9.93. The molecular weight excluding hydrogens is 452 g/mol. The molecule has 188 valence electrons. The molecule has 1 aromatic heterocycles. The number of nitrogens with zero attached hydrogens (tertiary/aromatic N) is 3. The van der Waals surface area contributed by atoms with Crippen LogP contribution in [0.5, 0.6) is 0 Å². The van der Waals surface area contributed by atoms with Crippen LogP contribution < -0.4 is 5.32 Å². The second kappa shape index (κ2) is 11.0. The summed E-state index contributed by atoms with van der Waals surface area (Å²) in [6, 6.07) is 8.72. The highest BCUT2D eigenvalue weighted by atomic mass is 32.2. The zero-order valence-electron chi connectivity index (χ0n) is 21.2. The molecule has 3 rings (SSSR count). The Labute approximate surface area is 203 Å². The summed E-state index contributed by atoms with van der Waals surface area (Å²) in [5.41, 5.74) is 2.85. The van der Waals surface area contributed by atoms with Gasteiger partial charge in [-0.15, -0.1) is 0 Å². The largest absolute Gasteiger partial charge is 0.360 e. The minimum atomic E-state index is -3.69. The van der Waals surface area contributed by atoms with Gasteiger partial charge in [-0.3, -0.25) is 4.79 Å². The highest BCUT2D eigenvalue weighted by molar-refractivity contribution is 7.89.